The lowest BCUT2D eigenvalue weighted by atomic mass is 10.1. The van der Waals surface area contributed by atoms with E-state index in [0.717, 1.165) is 51.7 Å². The molecule has 0 bridgehead atoms. The minimum absolute atomic E-state index is 0.0217. The summed E-state index contributed by atoms with van der Waals surface area (Å²) in [5, 5.41) is 4.12. The molecule has 2 aromatic rings. The van der Waals surface area contributed by atoms with Gasteiger partial charge in [-0.15, -0.1) is 11.3 Å². The van der Waals surface area contributed by atoms with Gasteiger partial charge in [0.1, 0.15) is 10.7 Å². The molecule has 136 valence electrons. The fourth-order valence-electron chi connectivity index (χ4n) is 3.63. The van der Waals surface area contributed by atoms with Crippen molar-refractivity contribution >= 4 is 27.5 Å². The van der Waals surface area contributed by atoms with E-state index >= 15 is 0 Å². The molecular weight excluding hydrogens is 332 g/mol. The maximum Gasteiger partial charge on any atom is 0.261 e. The second-order valence-electron chi connectivity index (χ2n) is 6.96. The molecule has 0 atom stereocenters. The quantitative estimate of drug-likeness (QED) is 0.828. The Morgan fingerprint density at radius 2 is 1.84 bits per heavy atom. The molecule has 0 aliphatic carbocycles. The van der Waals surface area contributed by atoms with E-state index in [1.807, 2.05) is 20.8 Å². The third-order valence-corrected chi connectivity index (χ3v) is 6.11. The van der Waals surface area contributed by atoms with Crippen molar-refractivity contribution in [1.29, 1.82) is 0 Å². The van der Waals surface area contributed by atoms with Gasteiger partial charge in [-0.1, -0.05) is 12.8 Å². The number of thiophene rings is 1. The van der Waals surface area contributed by atoms with Crippen molar-refractivity contribution in [3.05, 3.63) is 22.0 Å². The molecule has 5 nitrogen and oxygen atoms in total. The monoisotopic (exact) mass is 360 g/mol. The Hall–Kier alpha value is -1.53. The van der Waals surface area contributed by atoms with Crippen LogP contribution >= 0.6 is 11.3 Å². The van der Waals surface area contributed by atoms with Gasteiger partial charge in [0.05, 0.1) is 4.88 Å². The molecule has 1 fully saturated rings. The lowest BCUT2D eigenvalue weighted by Crippen LogP contribution is -2.30. The van der Waals surface area contributed by atoms with Gasteiger partial charge in [0, 0.05) is 17.6 Å². The van der Waals surface area contributed by atoms with Crippen molar-refractivity contribution in [2.45, 2.75) is 52.9 Å². The first kappa shape index (κ1) is 18.3. The van der Waals surface area contributed by atoms with Crippen LogP contribution in [0.2, 0.25) is 0 Å². The van der Waals surface area contributed by atoms with Gasteiger partial charge in [0.15, 0.2) is 0 Å². The molecule has 3 rings (SSSR count). The molecule has 0 radical (unpaired) electrons. The maximum absolute atomic E-state index is 12.6. The summed E-state index contributed by atoms with van der Waals surface area (Å²) >= 11 is 1.48. The number of aryl methyl sites for hydroxylation is 3. The molecule has 0 saturated carbocycles. The van der Waals surface area contributed by atoms with Gasteiger partial charge in [-0.05, 0) is 65.2 Å². The van der Waals surface area contributed by atoms with Gasteiger partial charge < -0.3 is 10.2 Å². The van der Waals surface area contributed by atoms with Gasteiger partial charge in [0.25, 0.3) is 5.91 Å². The molecule has 0 unspecified atom stereocenters. The Morgan fingerprint density at radius 1 is 1.12 bits per heavy atom. The Balaban J connectivity index is 1.57. The van der Waals surface area contributed by atoms with Crippen LogP contribution in [0.3, 0.4) is 0 Å². The molecule has 1 N–H and O–H groups in total. The van der Waals surface area contributed by atoms with Crippen molar-refractivity contribution < 1.29 is 4.79 Å². The molecule has 0 aromatic carbocycles. The number of hydrogen-bond donors (Lipinski definition) is 1. The maximum atomic E-state index is 12.6. The SMILES string of the molecule is Cc1nc(C)c2c(C)c(C(=O)NCCCN3CCCCCC3)sc2n1. The Labute approximate surface area is 153 Å². The average molecular weight is 361 g/mol. The van der Waals surface area contributed by atoms with Crippen molar-refractivity contribution in [2.24, 2.45) is 0 Å². The summed E-state index contributed by atoms with van der Waals surface area (Å²) in [5.74, 6) is 0.782. The molecule has 25 heavy (non-hydrogen) atoms. The van der Waals surface area contributed by atoms with Crippen LogP contribution in [-0.4, -0.2) is 47.0 Å². The van der Waals surface area contributed by atoms with Crippen LogP contribution in [0.5, 0.6) is 0 Å². The second kappa shape index (κ2) is 8.23. The van der Waals surface area contributed by atoms with Crippen molar-refractivity contribution in [3.8, 4) is 0 Å². The summed E-state index contributed by atoms with van der Waals surface area (Å²) < 4.78 is 0. The lowest BCUT2D eigenvalue weighted by molar-refractivity contribution is 0.0955. The number of hydrogen-bond acceptors (Lipinski definition) is 5. The topological polar surface area (TPSA) is 58.1 Å². The van der Waals surface area contributed by atoms with E-state index in [2.05, 4.69) is 20.2 Å². The van der Waals surface area contributed by atoms with Crippen LogP contribution in [0.25, 0.3) is 10.2 Å². The van der Waals surface area contributed by atoms with Crippen molar-refractivity contribution in [2.75, 3.05) is 26.2 Å². The fourth-order valence-corrected chi connectivity index (χ4v) is 4.83. The van der Waals surface area contributed by atoms with E-state index < -0.39 is 0 Å². The number of carbonyl (C=O) groups excluding carboxylic acids is 1. The lowest BCUT2D eigenvalue weighted by Gasteiger charge is -2.19. The number of nitrogens with zero attached hydrogens (tertiary/aromatic N) is 3. The van der Waals surface area contributed by atoms with Gasteiger partial charge in [-0.3, -0.25) is 4.79 Å². The van der Waals surface area contributed by atoms with Crippen LogP contribution in [0.4, 0.5) is 0 Å². The van der Waals surface area contributed by atoms with Gasteiger partial charge >= 0.3 is 0 Å². The standard InChI is InChI=1S/C19H28N4OS/c1-13-16-14(2)21-15(3)22-19(16)25-17(13)18(24)20-9-8-12-23-10-6-4-5-7-11-23/h4-12H2,1-3H3,(H,20,24). The summed E-state index contributed by atoms with van der Waals surface area (Å²) in [5.41, 5.74) is 1.96. The van der Waals surface area contributed by atoms with Crippen LogP contribution in [0.15, 0.2) is 0 Å². The summed E-state index contributed by atoms with van der Waals surface area (Å²) in [6, 6.07) is 0. The molecule has 1 aliphatic heterocycles. The largest absolute Gasteiger partial charge is 0.351 e. The third-order valence-electron chi connectivity index (χ3n) is 4.92. The van der Waals surface area contributed by atoms with Crippen molar-refractivity contribution in [3.63, 3.8) is 0 Å². The predicted molar refractivity (Wildman–Crippen MR) is 103 cm³/mol. The van der Waals surface area contributed by atoms with Crippen LogP contribution < -0.4 is 5.32 Å². The molecule has 3 heterocycles. The molecule has 1 amide bonds. The first-order valence-electron chi connectivity index (χ1n) is 9.31. The second-order valence-corrected chi connectivity index (χ2v) is 7.96. The first-order valence-corrected chi connectivity index (χ1v) is 10.1. The molecule has 2 aromatic heterocycles. The summed E-state index contributed by atoms with van der Waals surface area (Å²) in [7, 11) is 0. The predicted octanol–water partition coefficient (Wildman–Crippen LogP) is 3.61. The van der Waals surface area contributed by atoms with E-state index in [1.54, 1.807) is 0 Å². The number of carbonyl (C=O) groups is 1. The van der Waals surface area contributed by atoms with Crippen LogP contribution in [0, 0.1) is 20.8 Å². The average Bonchev–Trinajstić information content (AvgIpc) is 2.74. The van der Waals surface area contributed by atoms with Crippen LogP contribution in [0.1, 0.15) is 58.9 Å². The number of likely N-dealkylation sites (tertiary alicyclic amines) is 1. The molecule has 6 heteroatoms. The van der Waals surface area contributed by atoms with E-state index in [1.165, 1.54) is 50.1 Å². The highest BCUT2D eigenvalue weighted by Gasteiger charge is 2.18. The highest BCUT2D eigenvalue weighted by atomic mass is 32.1. The number of rotatable bonds is 5. The van der Waals surface area contributed by atoms with E-state index in [4.69, 9.17) is 0 Å². The zero-order valence-corrected chi connectivity index (χ0v) is 16.3. The van der Waals surface area contributed by atoms with E-state index in [9.17, 15) is 4.79 Å². The van der Waals surface area contributed by atoms with Gasteiger partial charge in [-0.25, -0.2) is 9.97 Å². The number of aromatic nitrogens is 2. The third kappa shape index (κ3) is 4.36. The highest BCUT2D eigenvalue weighted by Crippen LogP contribution is 2.31. The zero-order valence-electron chi connectivity index (χ0n) is 15.5. The van der Waals surface area contributed by atoms with E-state index in [-0.39, 0.29) is 5.91 Å². The molecule has 1 aliphatic rings. The zero-order chi connectivity index (χ0) is 17.8. The Kier molecular flexibility index (Phi) is 6.02. The smallest absolute Gasteiger partial charge is 0.261 e. The minimum Gasteiger partial charge on any atom is -0.351 e. The summed E-state index contributed by atoms with van der Waals surface area (Å²) in [6.07, 6.45) is 6.36. The summed E-state index contributed by atoms with van der Waals surface area (Å²) in [4.78, 5) is 25.7. The van der Waals surface area contributed by atoms with Crippen LogP contribution in [-0.2, 0) is 0 Å². The summed E-state index contributed by atoms with van der Waals surface area (Å²) in [6.45, 7) is 10.1. The van der Waals surface area contributed by atoms with Gasteiger partial charge in [-0.2, -0.15) is 0 Å². The molecular formula is C19H28N4OS. The van der Waals surface area contributed by atoms with Gasteiger partial charge in [0.2, 0.25) is 0 Å². The van der Waals surface area contributed by atoms with Crippen molar-refractivity contribution in [1.82, 2.24) is 20.2 Å². The minimum atomic E-state index is 0.0217. The molecule has 1 saturated heterocycles. The number of nitrogens with one attached hydrogen (secondary N) is 1. The Bertz CT molecular complexity index is 747. The fraction of sp³-hybridized carbons (Fsp3) is 0.632. The highest BCUT2D eigenvalue weighted by molar-refractivity contribution is 7.20. The first-order chi connectivity index (χ1) is 12.1. The number of fused-ring (bicyclic) bond motifs is 1. The number of amides is 1. The molecule has 0 spiro atoms. The van der Waals surface area contributed by atoms with E-state index in [0.29, 0.717) is 0 Å². The normalized spacial score (nSPS) is 16.1. The Morgan fingerprint density at radius 3 is 2.56 bits per heavy atom.